The summed E-state index contributed by atoms with van der Waals surface area (Å²) < 4.78 is 28.2. The lowest BCUT2D eigenvalue weighted by atomic mass is 10.1. The van der Waals surface area contributed by atoms with Gasteiger partial charge in [-0.1, -0.05) is 0 Å². The first-order chi connectivity index (χ1) is 14.8. The van der Waals surface area contributed by atoms with Crippen LogP contribution >= 0.6 is 0 Å². The number of aromatic amines is 1. The lowest BCUT2D eigenvalue weighted by Crippen LogP contribution is -2.33. The lowest BCUT2D eigenvalue weighted by molar-refractivity contribution is -0.0522. The van der Waals surface area contributed by atoms with Crippen molar-refractivity contribution in [2.45, 2.75) is 31.8 Å². The van der Waals surface area contributed by atoms with Crippen LogP contribution in [0.5, 0.6) is 17.2 Å². The predicted molar refractivity (Wildman–Crippen MR) is 107 cm³/mol. The van der Waals surface area contributed by atoms with Gasteiger partial charge in [0, 0.05) is 18.2 Å². The quantitative estimate of drug-likeness (QED) is 0.590. The molecule has 0 aliphatic carbocycles. The van der Waals surface area contributed by atoms with Crippen LogP contribution < -0.4 is 25.5 Å². The van der Waals surface area contributed by atoms with E-state index in [4.69, 9.17) is 23.7 Å². The molecule has 3 atom stereocenters. The minimum atomic E-state index is -0.852. The van der Waals surface area contributed by atoms with Gasteiger partial charge in [0.1, 0.15) is 18.4 Å². The molecule has 1 aromatic heterocycles. The molecule has 0 bridgehead atoms. The fourth-order valence-corrected chi connectivity index (χ4v) is 3.36. The normalized spacial score (nSPS) is 20.4. The number of ether oxygens (including phenoxy) is 5. The van der Waals surface area contributed by atoms with Crippen molar-refractivity contribution in [1.82, 2.24) is 9.55 Å². The number of H-pyrrole nitrogens is 1. The van der Waals surface area contributed by atoms with Crippen LogP contribution in [-0.2, 0) is 9.47 Å². The molecule has 168 valence electrons. The van der Waals surface area contributed by atoms with Crippen LogP contribution in [0.1, 0.15) is 28.6 Å². The van der Waals surface area contributed by atoms with E-state index in [1.807, 2.05) is 0 Å². The van der Waals surface area contributed by atoms with Crippen molar-refractivity contribution in [3.63, 3.8) is 0 Å². The number of rotatable bonds is 7. The Hall–Kier alpha value is -3.31. The molecule has 1 aliphatic heterocycles. The molecule has 3 rings (SSSR count). The highest BCUT2D eigenvalue weighted by atomic mass is 16.6. The summed E-state index contributed by atoms with van der Waals surface area (Å²) in [6.07, 6.45) is -1.04. The van der Waals surface area contributed by atoms with Gasteiger partial charge in [-0.15, -0.1) is 0 Å². The molecule has 2 N–H and O–H groups in total. The van der Waals surface area contributed by atoms with Crippen molar-refractivity contribution in [2.75, 3.05) is 27.9 Å². The summed E-state index contributed by atoms with van der Waals surface area (Å²) in [6.45, 7) is 1.12. The molecule has 2 aromatic rings. The van der Waals surface area contributed by atoms with E-state index in [1.54, 1.807) is 6.92 Å². The van der Waals surface area contributed by atoms with Crippen LogP contribution in [0.25, 0.3) is 0 Å². The number of esters is 1. The molecule has 31 heavy (non-hydrogen) atoms. The fourth-order valence-electron chi connectivity index (χ4n) is 3.36. The molecule has 0 radical (unpaired) electrons. The first-order valence-electron chi connectivity index (χ1n) is 9.42. The monoisotopic (exact) mass is 436 g/mol. The minimum Gasteiger partial charge on any atom is -0.493 e. The first kappa shape index (κ1) is 22.4. The van der Waals surface area contributed by atoms with Crippen molar-refractivity contribution in [3.05, 3.63) is 50.3 Å². The maximum absolute atomic E-state index is 12.8. The van der Waals surface area contributed by atoms with Crippen LogP contribution in [-0.4, -0.2) is 60.8 Å². The van der Waals surface area contributed by atoms with Gasteiger partial charge in [0.05, 0.1) is 33.5 Å². The van der Waals surface area contributed by atoms with Crippen molar-refractivity contribution < 1.29 is 33.6 Å². The molecule has 0 saturated carbocycles. The lowest BCUT2D eigenvalue weighted by Gasteiger charge is -2.18. The number of aliphatic hydroxyl groups excluding tert-OH is 1. The zero-order chi connectivity index (χ0) is 22.7. The van der Waals surface area contributed by atoms with Crippen molar-refractivity contribution in [2.24, 2.45) is 0 Å². The van der Waals surface area contributed by atoms with E-state index in [-0.39, 0.29) is 23.5 Å². The Morgan fingerprint density at radius 3 is 2.39 bits per heavy atom. The van der Waals surface area contributed by atoms with E-state index in [9.17, 15) is 19.5 Å². The van der Waals surface area contributed by atoms with E-state index < -0.39 is 42.3 Å². The highest BCUT2D eigenvalue weighted by Crippen LogP contribution is 2.39. The largest absolute Gasteiger partial charge is 0.493 e. The van der Waals surface area contributed by atoms with Crippen LogP contribution in [0.15, 0.2) is 27.9 Å². The third-order valence-electron chi connectivity index (χ3n) is 4.98. The van der Waals surface area contributed by atoms with Gasteiger partial charge in [-0.25, -0.2) is 9.59 Å². The van der Waals surface area contributed by atoms with Gasteiger partial charge in [-0.2, -0.15) is 0 Å². The number of nitrogens with zero attached hydrogens (tertiary/aromatic N) is 1. The standard InChI is InChI=1S/C20H24N2O9/c1-10-8-22(20(26)21-18(10)24)16-7-12(15(9-23)30-16)31-19(25)11-5-13(27-2)17(29-4)14(6-11)28-3/h5-6,8,12,15-16,23H,7,9H2,1-4H3,(H,21,24,26). The highest BCUT2D eigenvalue weighted by molar-refractivity contribution is 5.91. The van der Waals surface area contributed by atoms with E-state index in [0.29, 0.717) is 11.3 Å². The Morgan fingerprint density at radius 2 is 1.84 bits per heavy atom. The number of hydrogen-bond donors (Lipinski definition) is 2. The zero-order valence-electron chi connectivity index (χ0n) is 17.5. The Balaban J connectivity index is 1.84. The molecule has 1 fully saturated rings. The fraction of sp³-hybridized carbons (Fsp3) is 0.450. The number of carbonyl (C=O) groups is 1. The molecule has 11 heteroatoms. The smallest absolute Gasteiger partial charge is 0.338 e. The molecule has 1 aliphatic rings. The number of hydrogen-bond acceptors (Lipinski definition) is 9. The predicted octanol–water partition coefficient (Wildman–Crippen LogP) is 0.376. The average molecular weight is 436 g/mol. The number of benzene rings is 1. The topological polar surface area (TPSA) is 138 Å². The third kappa shape index (κ3) is 4.42. The molecular weight excluding hydrogens is 412 g/mol. The second-order valence-electron chi connectivity index (χ2n) is 6.88. The van der Waals surface area contributed by atoms with Crippen LogP contribution in [0, 0.1) is 6.92 Å². The minimum absolute atomic E-state index is 0.104. The summed E-state index contributed by atoms with van der Waals surface area (Å²) in [7, 11) is 4.29. The van der Waals surface area contributed by atoms with E-state index in [1.165, 1.54) is 44.2 Å². The second kappa shape index (κ2) is 9.23. The number of methoxy groups -OCH3 is 3. The Kier molecular flexibility index (Phi) is 6.66. The molecular formula is C20H24N2O9. The summed E-state index contributed by atoms with van der Waals surface area (Å²) in [5, 5.41) is 9.67. The Labute approximate surface area is 177 Å². The van der Waals surface area contributed by atoms with Gasteiger partial charge < -0.3 is 28.8 Å². The van der Waals surface area contributed by atoms with Crippen molar-refractivity contribution in [1.29, 1.82) is 0 Å². The number of aliphatic hydroxyl groups is 1. The summed E-state index contributed by atoms with van der Waals surface area (Å²) in [6, 6.07) is 2.89. The summed E-state index contributed by atoms with van der Waals surface area (Å²) >= 11 is 0. The van der Waals surface area contributed by atoms with E-state index in [0.717, 1.165) is 0 Å². The van der Waals surface area contributed by atoms with Gasteiger partial charge in [-0.3, -0.25) is 14.3 Å². The SMILES string of the molecule is COc1cc(C(=O)OC2CC(n3cc(C)c(=O)[nH]c3=O)OC2CO)cc(OC)c1OC. The van der Waals surface area contributed by atoms with Gasteiger partial charge in [-0.05, 0) is 19.1 Å². The zero-order valence-corrected chi connectivity index (χ0v) is 17.5. The summed E-state index contributed by atoms with van der Waals surface area (Å²) in [5.41, 5.74) is -0.689. The average Bonchev–Trinajstić information content (AvgIpc) is 3.17. The maximum atomic E-state index is 12.8. The van der Waals surface area contributed by atoms with Gasteiger partial charge in [0.15, 0.2) is 11.5 Å². The second-order valence-corrected chi connectivity index (χ2v) is 6.88. The number of aryl methyl sites for hydroxylation is 1. The van der Waals surface area contributed by atoms with E-state index in [2.05, 4.69) is 4.98 Å². The van der Waals surface area contributed by atoms with Crippen molar-refractivity contribution in [3.8, 4) is 17.2 Å². The molecule has 0 amide bonds. The maximum Gasteiger partial charge on any atom is 0.338 e. The third-order valence-corrected chi connectivity index (χ3v) is 4.98. The van der Waals surface area contributed by atoms with E-state index >= 15 is 0 Å². The van der Waals surface area contributed by atoms with Crippen LogP contribution in [0.4, 0.5) is 0 Å². The Morgan fingerprint density at radius 1 is 1.19 bits per heavy atom. The van der Waals surface area contributed by atoms with Gasteiger partial charge in [0.25, 0.3) is 5.56 Å². The van der Waals surface area contributed by atoms with Crippen molar-refractivity contribution >= 4 is 5.97 Å². The van der Waals surface area contributed by atoms with Gasteiger partial charge in [0.2, 0.25) is 5.75 Å². The molecule has 0 spiro atoms. The van der Waals surface area contributed by atoms with Crippen LogP contribution in [0.3, 0.4) is 0 Å². The molecule has 11 nitrogen and oxygen atoms in total. The molecule has 1 aromatic carbocycles. The number of aromatic nitrogens is 2. The number of carbonyl (C=O) groups excluding carboxylic acids is 1. The molecule has 2 heterocycles. The summed E-state index contributed by atoms with van der Waals surface area (Å²) in [4.78, 5) is 38.7. The summed E-state index contributed by atoms with van der Waals surface area (Å²) in [5.74, 6) is 0.190. The number of nitrogens with one attached hydrogen (secondary N) is 1. The van der Waals surface area contributed by atoms with Gasteiger partial charge >= 0.3 is 11.7 Å². The molecule has 1 saturated heterocycles. The highest BCUT2D eigenvalue weighted by Gasteiger charge is 2.39. The first-order valence-corrected chi connectivity index (χ1v) is 9.42. The Bertz CT molecular complexity index is 1050. The molecule has 3 unspecified atom stereocenters. The van der Waals surface area contributed by atoms with Crippen LogP contribution in [0.2, 0.25) is 0 Å².